The third-order valence-electron chi connectivity index (χ3n) is 8.54. The minimum absolute atomic E-state index is 0.0851. The summed E-state index contributed by atoms with van der Waals surface area (Å²) in [7, 11) is 2.91. The van der Waals surface area contributed by atoms with Gasteiger partial charge in [0.25, 0.3) is 0 Å². The predicted octanol–water partition coefficient (Wildman–Crippen LogP) is 6.07. The largest absolute Gasteiger partial charge is 0.495 e. The van der Waals surface area contributed by atoms with Crippen molar-refractivity contribution in [2.75, 3.05) is 38.0 Å². The van der Waals surface area contributed by atoms with Gasteiger partial charge in [0.05, 0.1) is 38.5 Å². The van der Waals surface area contributed by atoms with Gasteiger partial charge in [-0.3, -0.25) is 4.79 Å². The number of aryl methyl sites for hydroxylation is 1. The van der Waals surface area contributed by atoms with Crippen LogP contribution in [0.1, 0.15) is 47.2 Å². The van der Waals surface area contributed by atoms with Crippen LogP contribution in [0.25, 0.3) is 0 Å². The van der Waals surface area contributed by atoms with Crippen molar-refractivity contribution in [1.82, 2.24) is 4.90 Å². The molecule has 226 valence electrons. The standard InChI is InChI=1S/C34H39N3O6/c1-22-8-4-6-10-28(22)35-34(40)36-29-17-12-23(18-31(29)41-2)19-32(38)37-20-25(27-9-5-7-11-30(27)37)21-43-26-15-13-24(14-16-26)33(39)42-3/h4,6,8,10,12-18,25,27,30H,5,7,9,11,19-21H2,1-3H3,(H2,35,36,40). The Bertz CT molecular complexity index is 1460. The van der Waals surface area contributed by atoms with Crippen LogP contribution in [0.3, 0.4) is 0 Å². The highest BCUT2D eigenvalue weighted by atomic mass is 16.5. The Balaban J connectivity index is 1.21. The molecule has 2 aliphatic rings. The van der Waals surface area contributed by atoms with Gasteiger partial charge >= 0.3 is 12.0 Å². The van der Waals surface area contributed by atoms with Crippen molar-refractivity contribution in [2.45, 2.75) is 45.1 Å². The van der Waals surface area contributed by atoms with Crippen molar-refractivity contribution in [2.24, 2.45) is 11.8 Å². The molecule has 1 saturated carbocycles. The fourth-order valence-corrected chi connectivity index (χ4v) is 6.29. The first-order chi connectivity index (χ1) is 20.9. The number of methoxy groups -OCH3 is 2. The van der Waals surface area contributed by atoms with Gasteiger partial charge in [0.15, 0.2) is 0 Å². The van der Waals surface area contributed by atoms with Crippen LogP contribution in [0.15, 0.2) is 66.7 Å². The van der Waals surface area contributed by atoms with Crippen molar-refractivity contribution in [3.8, 4) is 11.5 Å². The van der Waals surface area contributed by atoms with E-state index in [2.05, 4.69) is 10.6 Å². The molecule has 9 nitrogen and oxygen atoms in total. The fraction of sp³-hybridized carbons (Fsp3) is 0.382. The summed E-state index contributed by atoms with van der Waals surface area (Å²) < 4.78 is 16.5. The summed E-state index contributed by atoms with van der Waals surface area (Å²) in [5.41, 5.74) is 3.52. The maximum absolute atomic E-state index is 13.6. The second kappa shape index (κ2) is 13.6. The molecule has 5 rings (SSSR count). The molecule has 0 spiro atoms. The van der Waals surface area contributed by atoms with Gasteiger partial charge < -0.3 is 29.7 Å². The van der Waals surface area contributed by atoms with Gasteiger partial charge in [0.2, 0.25) is 5.91 Å². The van der Waals surface area contributed by atoms with E-state index in [1.54, 1.807) is 37.4 Å². The minimum Gasteiger partial charge on any atom is -0.495 e. The molecule has 43 heavy (non-hydrogen) atoms. The molecule has 1 aliphatic heterocycles. The summed E-state index contributed by atoms with van der Waals surface area (Å²) >= 11 is 0. The number of nitrogens with one attached hydrogen (secondary N) is 2. The van der Waals surface area contributed by atoms with Gasteiger partial charge in [-0.1, -0.05) is 37.1 Å². The van der Waals surface area contributed by atoms with Crippen LogP contribution in [0.2, 0.25) is 0 Å². The molecule has 3 amide bonds. The Hall–Kier alpha value is -4.53. The fourth-order valence-electron chi connectivity index (χ4n) is 6.29. The number of urea groups is 1. The summed E-state index contributed by atoms with van der Waals surface area (Å²) in [6, 6.07) is 19.8. The zero-order valence-corrected chi connectivity index (χ0v) is 24.9. The lowest BCUT2D eigenvalue weighted by Gasteiger charge is -2.32. The molecule has 1 aliphatic carbocycles. The average molecular weight is 586 g/mol. The molecule has 2 fully saturated rings. The molecule has 3 atom stereocenters. The van der Waals surface area contributed by atoms with Gasteiger partial charge in [-0.15, -0.1) is 0 Å². The number of benzene rings is 3. The quantitative estimate of drug-likeness (QED) is 0.295. The smallest absolute Gasteiger partial charge is 0.337 e. The molecule has 0 radical (unpaired) electrons. The normalized spacial score (nSPS) is 19.2. The number of esters is 1. The van der Waals surface area contributed by atoms with Crippen molar-refractivity contribution < 1.29 is 28.6 Å². The summed E-state index contributed by atoms with van der Waals surface area (Å²) in [6.07, 6.45) is 4.62. The Morgan fingerprint density at radius 2 is 1.65 bits per heavy atom. The number of fused-ring (bicyclic) bond motifs is 1. The van der Waals surface area contributed by atoms with E-state index in [4.69, 9.17) is 14.2 Å². The Kier molecular flexibility index (Phi) is 9.49. The maximum atomic E-state index is 13.6. The number of hydrogen-bond donors (Lipinski definition) is 2. The summed E-state index contributed by atoms with van der Waals surface area (Å²) in [5.74, 6) is 1.53. The summed E-state index contributed by atoms with van der Waals surface area (Å²) in [4.78, 5) is 40.0. The van der Waals surface area contributed by atoms with Crippen molar-refractivity contribution in [3.05, 3.63) is 83.4 Å². The number of carbonyl (C=O) groups is 3. The van der Waals surface area contributed by atoms with Crippen LogP contribution in [-0.2, 0) is 16.0 Å². The Labute approximate surface area is 252 Å². The number of para-hydroxylation sites is 1. The topological polar surface area (TPSA) is 106 Å². The van der Waals surface area contributed by atoms with Crippen molar-refractivity contribution >= 4 is 29.3 Å². The third-order valence-corrected chi connectivity index (χ3v) is 8.54. The van der Waals surface area contributed by atoms with Crippen LogP contribution in [0.5, 0.6) is 11.5 Å². The number of amides is 3. The lowest BCUT2D eigenvalue weighted by molar-refractivity contribution is -0.132. The molecule has 0 aromatic heterocycles. The molecular formula is C34H39N3O6. The van der Waals surface area contributed by atoms with Crippen molar-refractivity contribution in [3.63, 3.8) is 0 Å². The monoisotopic (exact) mass is 585 g/mol. The molecule has 3 unspecified atom stereocenters. The molecule has 3 aromatic carbocycles. The number of carbonyl (C=O) groups excluding carboxylic acids is 3. The van der Waals surface area contributed by atoms with E-state index in [1.165, 1.54) is 7.11 Å². The SMILES string of the molecule is COC(=O)c1ccc(OCC2CN(C(=O)Cc3ccc(NC(=O)Nc4ccccc4C)c(OC)c3)C3CCCCC23)cc1. The number of hydrogen-bond acceptors (Lipinski definition) is 6. The summed E-state index contributed by atoms with van der Waals surface area (Å²) in [6.45, 7) is 3.10. The van der Waals surface area contributed by atoms with E-state index in [0.29, 0.717) is 41.8 Å². The molecular weight excluding hydrogens is 546 g/mol. The predicted molar refractivity (Wildman–Crippen MR) is 165 cm³/mol. The zero-order valence-electron chi connectivity index (χ0n) is 24.9. The second-order valence-corrected chi connectivity index (χ2v) is 11.3. The minimum atomic E-state index is -0.381. The number of rotatable bonds is 9. The lowest BCUT2D eigenvalue weighted by Crippen LogP contribution is -2.40. The van der Waals surface area contributed by atoms with Crippen molar-refractivity contribution in [1.29, 1.82) is 0 Å². The number of nitrogens with zero attached hydrogens (tertiary/aromatic N) is 1. The van der Waals surface area contributed by atoms with Gasteiger partial charge in [0, 0.05) is 24.2 Å². The first-order valence-electron chi connectivity index (χ1n) is 14.8. The average Bonchev–Trinajstić information content (AvgIpc) is 3.40. The number of ether oxygens (including phenoxy) is 3. The molecule has 1 saturated heterocycles. The van der Waals surface area contributed by atoms with E-state index in [0.717, 1.165) is 42.5 Å². The van der Waals surface area contributed by atoms with Gasteiger partial charge in [-0.05, 0) is 79.3 Å². The van der Waals surface area contributed by atoms with Crippen LogP contribution in [0, 0.1) is 18.8 Å². The summed E-state index contributed by atoms with van der Waals surface area (Å²) in [5, 5.41) is 5.71. The van der Waals surface area contributed by atoms with Crippen LogP contribution in [0.4, 0.5) is 16.2 Å². The molecule has 9 heteroatoms. The highest BCUT2D eigenvalue weighted by Gasteiger charge is 2.44. The Morgan fingerprint density at radius 1 is 0.907 bits per heavy atom. The van der Waals surface area contributed by atoms with Crippen LogP contribution in [-0.4, -0.2) is 56.2 Å². The first kappa shape index (κ1) is 29.9. The zero-order chi connectivity index (χ0) is 30.3. The maximum Gasteiger partial charge on any atom is 0.337 e. The van der Waals surface area contributed by atoms with Gasteiger partial charge in [-0.2, -0.15) is 0 Å². The Morgan fingerprint density at radius 3 is 2.40 bits per heavy atom. The first-order valence-corrected chi connectivity index (χ1v) is 14.8. The highest BCUT2D eigenvalue weighted by Crippen LogP contribution is 2.40. The van der Waals surface area contributed by atoms with E-state index in [1.807, 2.05) is 48.2 Å². The second-order valence-electron chi connectivity index (χ2n) is 11.3. The third kappa shape index (κ3) is 7.10. The number of anilines is 2. The highest BCUT2D eigenvalue weighted by molar-refractivity contribution is 6.01. The van der Waals surface area contributed by atoms with Gasteiger partial charge in [0.1, 0.15) is 11.5 Å². The molecule has 1 heterocycles. The molecule has 2 N–H and O–H groups in total. The van der Waals surface area contributed by atoms with E-state index >= 15 is 0 Å². The van der Waals surface area contributed by atoms with E-state index < -0.39 is 0 Å². The number of likely N-dealkylation sites (tertiary alicyclic amines) is 1. The van der Waals surface area contributed by atoms with E-state index in [9.17, 15) is 14.4 Å². The van der Waals surface area contributed by atoms with Crippen LogP contribution < -0.4 is 20.1 Å². The van der Waals surface area contributed by atoms with E-state index in [-0.39, 0.29) is 36.3 Å². The van der Waals surface area contributed by atoms with Crippen LogP contribution >= 0.6 is 0 Å². The molecule has 0 bridgehead atoms. The van der Waals surface area contributed by atoms with Gasteiger partial charge in [-0.25, -0.2) is 9.59 Å². The molecule has 3 aromatic rings. The lowest BCUT2D eigenvalue weighted by atomic mass is 9.80.